The van der Waals surface area contributed by atoms with Crippen LogP contribution in [0, 0.1) is 0 Å². The predicted octanol–water partition coefficient (Wildman–Crippen LogP) is -0.460. The number of aliphatic hydroxyl groups is 1. The Kier molecular flexibility index (Phi) is 3.89. The van der Waals surface area contributed by atoms with Crippen LogP contribution in [0.5, 0.6) is 0 Å². The minimum Gasteiger partial charge on any atom is -0.480 e. The Bertz CT molecular complexity index is 339. The Hall–Kier alpha value is -0.660. The molecule has 0 fully saturated rings. The molecule has 6 nitrogen and oxygen atoms in total. The predicted molar refractivity (Wildman–Crippen MR) is 54.9 cm³/mol. The lowest BCUT2D eigenvalue weighted by Crippen LogP contribution is -2.58. The topological polar surface area (TPSA) is 104 Å². The van der Waals surface area contributed by atoms with Crippen LogP contribution in [0.1, 0.15) is 27.7 Å². The average molecular weight is 239 g/mol. The molecule has 0 spiro atoms. The minimum atomic E-state index is -3.93. The van der Waals surface area contributed by atoms with Gasteiger partial charge in [0.15, 0.2) is 5.75 Å². The second-order valence-electron chi connectivity index (χ2n) is 4.44. The van der Waals surface area contributed by atoms with E-state index in [0.717, 1.165) is 0 Å². The van der Waals surface area contributed by atoms with Crippen molar-refractivity contribution in [2.45, 2.75) is 38.8 Å². The Morgan fingerprint density at radius 1 is 1.27 bits per heavy atom. The number of rotatable bonds is 5. The Morgan fingerprint density at radius 2 is 1.67 bits per heavy atom. The molecule has 0 aliphatic carbocycles. The second kappa shape index (κ2) is 4.07. The fourth-order valence-electron chi connectivity index (χ4n) is 0.712. The molecule has 7 heteroatoms. The molecule has 0 unspecified atom stereocenters. The van der Waals surface area contributed by atoms with E-state index in [1.165, 1.54) is 27.7 Å². The van der Waals surface area contributed by atoms with Crippen LogP contribution in [0.4, 0.5) is 0 Å². The van der Waals surface area contributed by atoms with Crippen molar-refractivity contribution in [3.63, 3.8) is 0 Å². The number of aliphatic carboxylic acids is 1. The van der Waals surface area contributed by atoms with Gasteiger partial charge in [0.1, 0.15) is 0 Å². The summed E-state index contributed by atoms with van der Waals surface area (Å²) in [5.41, 5.74) is -2.43. The van der Waals surface area contributed by atoms with E-state index in [4.69, 9.17) is 5.11 Å². The quantitative estimate of drug-likeness (QED) is 0.602. The van der Waals surface area contributed by atoms with E-state index in [9.17, 15) is 18.3 Å². The fourth-order valence-corrected chi connectivity index (χ4v) is 2.14. The normalized spacial score (nSPS) is 13.9. The SMILES string of the molecule is CC(C)(O)C(C)(C)NS(=O)(=O)CC(=O)O. The zero-order chi connectivity index (χ0) is 12.5. The summed E-state index contributed by atoms with van der Waals surface area (Å²) in [4.78, 5) is 10.3. The number of carbonyl (C=O) groups is 1. The Balaban J connectivity index is 4.82. The molecule has 0 saturated heterocycles. The molecule has 0 aromatic carbocycles. The van der Waals surface area contributed by atoms with E-state index >= 15 is 0 Å². The van der Waals surface area contributed by atoms with Gasteiger partial charge in [0.05, 0.1) is 11.1 Å². The second-order valence-corrected chi connectivity index (χ2v) is 6.16. The van der Waals surface area contributed by atoms with E-state index in [1.807, 2.05) is 0 Å². The van der Waals surface area contributed by atoms with Gasteiger partial charge in [-0.1, -0.05) is 0 Å². The summed E-state index contributed by atoms with van der Waals surface area (Å²) in [7, 11) is -3.93. The molecule has 0 aliphatic heterocycles. The highest BCUT2D eigenvalue weighted by atomic mass is 32.2. The molecular weight excluding hydrogens is 222 g/mol. The largest absolute Gasteiger partial charge is 0.480 e. The third-order valence-electron chi connectivity index (χ3n) is 2.25. The first-order valence-electron chi connectivity index (χ1n) is 4.33. The van der Waals surface area contributed by atoms with Crippen LogP contribution < -0.4 is 4.72 Å². The number of sulfonamides is 1. The van der Waals surface area contributed by atoms with Crippen LogP contribution in [0.3, 0.4) is 0 Å². The zero-order valence-electron chi connectivity index (χ0n) is 9.23. The maximum atomic E-state index is 11.3. The zero-order valence-corrected chi connectivity index (χ0v) is 10.1. The van der Waals surface area contributed by atoms with Crippen LogP contribution in [0.25, 0.3) is 0 Å². The summed E-state index contributed by atoms with van der Waals surface area (Å²) in [5, 5.41) is 18.0. The first kappa shape index (κ1) is 14.3. The standard InChI is InChI=1S/C8H17NO5S/c1-7(2,8(3,4)12)9-15(13,14)5-6(10)11/h9,12H,5H2,1-4H3,(H,10,11). The lowest BCUT2D eigenvalue weighted by atomic mass is 9.87. The van der Waals surface area contributed by atoms with Crippen molar-refractivity contribution >= 4 is 16.0 Å². The summed E-state index contributed by atoms with van der Waals surface area (Å²) < 4.78 is 24.7. The molecule has 0 saturated carbocycles. The Morgan fingerprint density at radius 3 is 1.93 bits per heavy atom. The van der Waals surface area contributed by atoms with E-state index in [1.54, 1.807) is 0 Å². The molecule has 90 valence electrons. The molecule has 3 N–H and O–H groups in total. The van der Waals surface area contributed by atoms with Crippen molar-refractivity contribution in [1.29, 1.82) is 0 Å². The number of hydrogen-bond acceptors (Lipinski definition) is 4. The third kappa shape index (κ3) is 4.59. The lowest BCUT2D eigenvalue weighted by Gasteiger charge is -2.37. The molecule has 0 aromatic rings. The van der Waals surface area contributed by atoms with Crippen molar-refractivity contribution < 1.29 is 23.4 Å². The molecule has 0 aliphatic rings. The first-order chi connectivity index (χ1) is 6.37. The molecule has 0 radical (unpaired) electrons. The van der Waals surface area contributed by atoms with Gasteiger partial charge < -0.3 is 10.2 Å². The van der Waals surface area contributed by atoms with E-state index in [2.05, 4.69) is 4.72 Å². The molecule has 0 amide bonds. The van der Waals surface area contributed by atoms with Crippen molar-refractivity contribution in [2.75, 3.05) is 5.75 Å². The van der Waals surface area contributed by atoms with E-state index in [0.29, 0.717) is 0 Å². The molecule has 0 heterocycles. The van der Waals surface area contributed by atoms with Gasteiger partial charge in [-0.05, 0) is 27.7 Å². The Labute approximate surface area is 89.4 Å². The molecule has 0 rings (SSSR count). The monoisotopic (exact) mass is 239 g/mol. The van der Waals surface area contributed by atoms with E-state index in [-0.39, 0.29) is 0 Å². The van der Waals surface area contributed by atoms with Gasteiger partial charge in [-0.15, -0.1) is 0 Å². The smallest absolute Gasteiger partial charge is 0.320 e. The summed E-state index contributed by atoms with van der Waals surface area (Å²) in [5.74, 6) is -2.44. The van der Waals surface area contributed by atoms with Crippen molar-refractivity contribution in [1.82, 2.24) is 4.72 Å². The van der Waals surface area contributed by atoms with E-state index < -0.39 is 32.9 Å². The van der Waals surface area contributed by atoms with Crippen LogP contribution >= 0.6 is 0 Å². The van der Waals surface area contributed by atoms with Crippen molar-refractivity contribution in [2.24, 2.45) is 0 Å². The summed E-state index contributed by atoms with van der Waals surface area (Å²) in [6.07, 6.45) is 0. The maximum absolute atomic E-state index is 11.3. The summed E-state index contributed by atoms with van der Waals surface area (Å²) >= 11 is 0. The molecule has 0 aromatic heterocycles. The van der Waals surface area contributed by atoms with Gasteiger partial charge in [0.2, 0.25) is 10.0 Å². The van der Waals surface area contributed by atoms with Crippen LogP contribution in [0.15, 0.2) is 0 Å². The van der Waals surface area contributed by atoms with Gasteiger partial charge in [-0.3, -0.25) is 4.79 Å². The van der Waals surface area contributed by atoms with Crippen LogP contribution in [-0.4, -0.2) is 41.5 Å². The lowest BCUT2D eigenvalue weighted by molar-refractivity contribution is -0.134. The van der Waals surface area contributed by atoms with Gasteiger partial charge in [0, 0.05) is 0 Å². The molecule has 0 bridgehead atoms. The van der Waals surface area contributed by atoms with Gasteiger partial charge in [-0.2, -0.15) is 0 Å². The number of carboxylic acids is 1. The third-order valence-corrected chi connectivity index (χ3v) is 3.70. The fraction of sp³-hybridized carbons (Fsp3) is 0.875. The molecule has 0 atom stereocenters. The van der Waals surface area contributed by atoms with Crippen LogP contribution in [0.2, 0.25) is 0 Å². The number of carboxylic acid groups (broad SMARTS) is 1. The van der Waals surface area contributed by atoms with Crippen LogP contribution in [-0.2, 0) is 14.8 Å². The average Bonchev–Trinajstić information content (AvgIpc) is 1.75. The number of nitrogens with one attached hydrogen (secondary N) is 1. The van der Waals surface area contributed by atoms with Crippen molar-refractivity contribution in [3.05, 3.63) is 0 Å². The molecular formula is C8H17NO5S. The van der Waals surface area contributed by atoms with Gasteiger partial charge in [-0.25, -0.2) is 13.1 Å². The summed E-state index contributed by atoms with van der Waals surface area (Å²) in [6.45, 7) is 5.84. The summed E-state index contributed by atoms with van der Waals surface area (Å²) in [6, 6.07) is 0. The number of hydrogen-bond donors (Lipinski definition) is 3. The van der Waals surface area contributed by atoms with Gasteiger partial charge >= 0.3 is 5.97 Å². The first-order valence-corrected chi connectivity index (χ1v) is 5.98. The maximum Gasteiger partial charge on any atom is 0.320 e. The molecule has 15 heavy (non-hydrogen) atoms. The highest BCUT2D eigenvalue weighted by molar-refractivity contribution is 7.90. The van der Waals surface area contributed by atoms with Crippen molar-refractivity contribution in [3.8, 4) is 0 Å². The highest BCUT2D eigenvalue weighted by Crippen LogP contribution is 2.21. The minimum absolute atomic E-state index is 1.01. The highest BCUT2D eigenvalue weighted by Gasteiger charge is 2.38. The van der Waals surface area contributed by atoms with Gasteiger partial charge in [0.25, 0.3) is 0 Å².